The van der Waals surface area contributed by atoms with Crippen LogP contribution in [0.15, 0.2) is 32.9 Å². The van der Waals surface area contributed by atoms with Gasteiger partial charge in [0, 0.05) is 12.2 Å². The van der Waals surface area contributed by atoms with Crippen molar-refractivity contribution >= 4 is 52.4 Å². The molecule has 0 unspecified atom stereocenters. The Morgan fingerprint density at radius 2 is 1.84 bits per heavy atom. The first-order valence-corrected chi connectivity index (χ1v) is 10.3. The molecule has 2 amide bonds. The topological polar surface area (TPSA) is 84.0 Å². The fraction of sp³-hybridized carbons (Fsp3) is 0.333. The Bertz CT molecular complexity index is 726. The van der Waals surface area contributed by atoms with E-state index in [9.17, 15) is 14.0 Å². The standard InChI is InChI=1S/C15H17FN4O2S3/c1-2-6-17-12(21)8-23-14-19-20-15(25-14)24-9-13(22)18-11-5-3-4-10(16)7-11/h3-5,7H,2,6,8-9H2,1H3,(H,17,21)(H,18,22). The summed E-state index contributed by atoms with van der Waals surface area (Å²) in [6.07, 6.45) is 0.897. The maximum Gasteiger partial charge on any atom is 0.234 e. The monoisotopic (exact) mass is 400 g/mol. The van der Waals surface area contributed by atoms with Crippen molar-refractivity contribution in [2.75, 3.05) is 23.4 Å². The first-order chi connectivity index (χ1) is 12.1. The number of rotatable bonds is 9. The van der Waals surface area contributed by atoms with Crippen molar-refractivity contribution in [1.82, 2.24) is 15.5 Å². The number of anilines is 1. The average Bonchev–Trinajstić information content (AvgIpc) is 3.04. The van der Waals surface area contributed by atoms with Crippen LogP contribution in [0.25, 0.3) is 0 Å². The fourth-order valence-electron chi connectivity index (χ4n) is 1.65. The summed E-state index contributed by atoms with van der Waals surface area (Å²) in [6.45, 7) is 2.66. The lowest BCUT2D eigenvalue weighted by Gasteiger charge is -2.03. The SMILES string of the molecule is CCCNC(=O)CSc1nnc(SCC(=O)Nc2cccc(F)c2)s1. The summed E-state index contributed by atoms with van der Waals surface area (Å²) >= 11 is 3.89. The smallest absolute Gasteiger partial charge is 0.234 e. The molecule has 2 N–H and O–H groups in total. The molecular weight excluding hydrogens is 383 g/mol. The molecule has 6 nitrogen and oxygen atoms in total. The Morgan fingerprint density at radius 3 is 2.48 bits per heavy atom. The Labute approximate surface area is 157 Å². The molecule has 0 aliphatic carbocycles. The summed E-state index contributed by atoms with van der Waals surface area (Å²) in [5, 5.41) is 13.4. The van der Waals surface area contributed by atoms with Gasteiger partial charge in [-0.2, -0.15) is 0 Å². The predicted octanol–water partition coefficient (Wildman–Crippen LogP) is 3.03. The average molecular weight is 401 g/mol. The Morgan fingerprint density at radius 1 is 1.16 bits per heavy atom. The number of benzene rings is 1. The molecule has 2 aromatic rings. The molecule has 1 heterocycles. The maximum atomic E-state index is 13.1. The van der Waals surface area contributed by atoms with Gasteiger partial charge in [0.2, 0.25) is 11.8 Å². The highest BCUT2D eigenvalue weighted by Crippen LogP contribution is 2.28. The highest BCUT2D eigenvalue weighted by atomic mass is 32.2. The summed E-state index contributed by atoms with van der Waals surface area (Å²) in [7, 11) is 0. The number of carbonyl (C=O) groups is 2. The van der Waals surface area contributed by atoms with E-state index in [1.165, 1.54) is 53.1 Å². The van der Waals surface area contributed by atoms with Crippen LogP contribution < -0.4 is 10.6 Å². The minimum absolute atomic E-state index is 0.0364. The minimum atomic E-state index is -0.404. The molecule has 0 fully saturated rings. The minimum Gasteiger partial charge on any atom is -0.355 e. The molecule has 0 aliphatic rings. The number of nitrogens with one attached hydrogen (secondary N) is 2. The van der Waals surface area contributed by atoms with E-state index in [0.717, 1.165) is 6.42 Å². The number of nitrogens with zero attached hydrogens (tertiary/aromatic N) is 2. The quantitative estimate of drug-likeness (QED) is 0.630. The second-order valence-corrected chi connectivity index (χ2v) is 8.24. The highest BCUT2D eigenvalue weighted by Gasteiger charge is 2.10. The van der Waals surface area contributed by atoms with Gasteiger partial charge in [-0.1, -0.05) is 47.9 Å². The van der Waals surface area contributed by atoms with Crippen molar-refractivity contribution in [3.63, 3.8) is 0 Å². The van der Waals surface area contributed by atoms with E-state index in [1.54, 1.807) is 6.07 Å². The van der Waals surface area contributed by atoms with E-state index in [4.69, 9.17) is 0 Å². The lowest BCUT2D eigenvalue weighted by molar-refractivity contribution is -0.118. The first-order valence-electron chi connectivity index (χ1n) is 7.48. The summed E-state index contributed by atoms with van der Waals surface area (Å²) in [6, 6.07) is 5.72. The molecule has 0 aliphatic heterocycles. The van der Waals surface area contributed by atoms with Crippen molar-refractivity contribution in [2.24, 2.45) is 0 Å². The van der Waals surface area contributed by atoms with Crippen molar-refractivity contribution in [3.8, 4) is 0 Å². The zero-order valence-corrected chi connectivity index (χ0v) is 15.9. The summed E-state index contributed by atoms with van der Waals surface area (Å²) < 4.78 is 14.4. The van der Waals surface area contributed by atoms with E-state index in [1.807, 2.05) is 6.92 Å². The molecule has 2 rings (SSSR count). The zero-order valence-electron chi connectivity index (χ0n) is 13.5. The number of amides is 2. The van der Waals surface area contributed by atoms with Crippen LogP contribution >= 0.6 is 34.9 Å². The summed E-state index contributed by atoms with van der Waals surface area (Å²) in [4.78, 5) is 23.4. The van der Waals surface area contributed by atoms with Crippen LogP contribution in [-0.4, -0.2) is 40.1 Å². The van der Waals surface area contributed by atoms with Gasteiger partial charge in [0.25, 0.3) is 0 Å². The number of hydrogen-bond acceptors (Lipinski definition) is 7. The lowest BCUT2D eigenvalue weighted by atomic mass is 10.3. The predicted molar refractivity (Wildman–Crippen MR) is 99.7 cm³/mol. The molecule has 0 saturated heterocycles. The van der Waals surface area contributed by atoms with Crippen LogP contribution in [-0.2, 0) is 9.59 Å². The van der Waals surface area contributed by atoms with E-state index >= 15 is 0 Å². The molecule has 25 heavy (non-hydrogen) atoms. The van der Waals surface area contributed by atoms with Gasteiger partial charge in [-0.15, -0.1) is 10.2 Å². The molecule has 134 valence electrons. The third-order valence-electron chi connectivity index (χ3n) is 2.72. The fourth-order valence-corrected chi connectivity index (χ4v) is 4.30. The Kier molecular flexibility index (Phi) is 8.16. The van der Waals surface area contributed by atoms with Gasteiger partial charge < -0.3 is 10.6 Å². The van der Waals surface area contributed by atoms with Crippen LogP contribution in [0, 0.1) is 5.82 Å². The molecule has 1 aromatic carbocycles. The number of hydrogen-bond donors (Lipinski definition) is 2. The van der Waals surface area contributed by atoms with Crippen LogP contribution in [0.3, 0.4) is 0 Å². The zero-order chi connectivity index (χ0) is 18.1. The molecule has 0 spiro atoms. The number of aromatic nitrogens is 2. The molecule has 0 radical (unpaired) electrons. The largest absolute Gasteiger partial charge is 0.355 e. The summed E-state index contributed by atoms with van der Waals surface area (Å²) in [5.41, 5.74) is 0.414. The molecule has 0 atom stereocenters. The molecular formula is C15H17FN4O2S3. The van der Waals surface area contributed by atoms with Crippen LogP contribution in [0.1, 0.15) is 13.3 Å². The molecule has 1 aromatic heterocycles. The van der Waals surface area contributed by atoms with Crippen LogP contribution in [0.2, 0.25) is 0 Å². The Balaban J connectivity index is 1.73. The second kappa shape index (κ2) is 10.4. The van der Waals surface area contributed by atoms with E-state index in [0.29, 0.717) is 26.7 Å². The van der Waals surface area contributed by atoms with E-state index in [2.05, 4.69) is 20.8 Å². The van der Waals surface area contributed by atoms with Gasteiger partial charge >= 0.3 is 0 Å². The molecule has 10 heteroatoms. The number of halogens is 1. The van der Waals surface area contributed by atoms with Crippen molar-refractivity contribution in [1.29, 1.82) is 0 Å². The van der Waals surface area contributed by atoms with Gasteiger partial charge in [0.15, 0.2) is 8.68 Å². The normalized spacial score (nSPS) is 10.5. The summed E-state index contributed by atoms with van der Waals surface area (Å²) in [5.74, 6) is -0.254. The highest BCUT2D eigenvalue weighted by molar-refractivity contribution is 8.03. The van der Waals surface area contributed by atoms with Gasteiger partial charge in [-0.25, -0.2) is 4.39 Å². The third kappa shape index (κ3) is 7.41. The van der Waals surface area contributed by atoms with Crippen LogP contribution in [0.5, 0.6) is 0 Å². The molecule has 0 saturated carbocycles. The van der Waals surface area contributed by atoms with Crippen molar-refractivity contribution in [2.45, 2.75) is 22.0 Å². The number of carbonyl (C=O) groups excluding carboxylic acids is 2. The molecule has 0 bridgehead atoms. The first kappa shape index (κ1) is 19.7. The Hall–Kier alpha value is -1.65. The third-order valence-corrected chi connectivity index (χ3v) is 5.91. The van der Waals surface area contributed by atoms with Gasteiger partial charge in [-0.3, -0.25) is 9.59 Å². The van der Waals surface area contributed by atoms with Crippen LogP contribution in [0.4, 0.5) is 10.1 Å². The van der Waals surface area contributed by atoms with Crippen molar-refractivity contribution < 1.29 is 14.0 Å². The van der Waals surface area contributed by atoms with E-state index in [-0.39, 0.29) is 17.6 Å². The number of thioether (sulfide) groups is 2. The van der Waals surface area contributed by atoms with Crippen molar-refractivity contribution in [3.05, 3.63) is 30.1 Å². The maximum absolute atomic E-state index is 13.1. The van der Waals surface area contributed by atoms with Gasteiger partial charge in [0.1, 0.15) is 5.82 Å². The van der Waals surface area contributed by atoms with Gasteiger partial charge in [0.05, 0.1) is 11.5 Å². The van der Waals surface area contributed by atoms with E-state index < -0.39 is 5.82 Å². The van der Waals surface area contributed by atoms with Gasteiger partial charge in [-0.05, 0) is 24.6 Å². The second-order valence-electron chi connectivity index (χ2n) is 4.82. The lowest BCUT2D eigenvalue weighted by Crippen LogP contribution is -2.25.